The molecule has 0 aromatic heterocycles. The van der Waals surface area contributed by atoms with Crippen LogP contribution in [-0.4, -0.2) is 86.9 Å². The number of hydrogen-bond acceptors (Lipinski definition) is 12. The third kappa shape index (κ3) is 12.0. The lowest BCUT2D eigenvalue weighted by Gasteiger charge is -2.27. The van der Waals surface area contributed by atoms with Crippen molar-refractivity contribution in [1.29, 1.82) is 0 Å². The Morgan fingerprint density at radius 3 is 2.03 bits per heavy atom. The van der Waals surface area contributed by atoms with E-state index in [4.69, 9.17) is 10.5 Å². The number of rotatable bonds is 19. The standard InChI is InChI=1S/C46H55N3O14S4/c1-45(2)37-29-35(66(57,58)59)20-22-39(37)48(26-7-5-6-13-43(47)50)41(45)24-14-31-11-10-12-32(44(31)63-33-16-18-34(19-17-33)65(54,55)56)15-25-42-46(3,4)38-30-36(67(60,61)62)21-23-40(38)49(42)27-8-9-28-64(51,52)53/h14-25,29-30H,5-13,26-28H2,1-4H3,(H5-,47,50,51,52,53,54,55,56,57,58,59,60,61,62). The summed E-state index contributed by atoms with van der Waals surface area (Å²) in [4.78, 5) is 12.5. The Morgan fingerprint density at radius 2 is 1.40 bits per heavy atom. The second-order valence-electron chi connectivity index (χ2n) is 17.8. The van der Waals surface area contributed by atoms with Crippen LogP contribution in [0.3, 0.4) is 0 Å². The summed E-state index contributed by atoms with van der Waals surface area (Å²) in [6, 6.07) is 13.8. The Kier molecular flexibility index (Phi) is 15.0. The lowest BCUT2D eigenvalue weighted by Crippen LogP contribution is -2.28. The molecule has 1 amide bonds. The van der Waals surface area contributed by atoms with Gasteiger partial charge in [-0.05, 0) is 136 Å². The average molecular weight is 1000 g/mol. The van der Waals surface area contributed by atoms with Crippen LogP contribution in [-0.2, 0) is 56.1 Å². The van der Waals surface area contributed by atoms with Crippen molar-refractivity contribution in [2.45, 2.75) is 111 Å². The number of fused-ring (bicyclic) bond motifs is 2. The molecule has 0 saturated heterocycles. The summed E-state index contributed by atoms with van der Waals surface area (Å²) >= 11 is 0. The minimum atomic E-state index is -4.77. The minimum absolute atomic E-state index is 0.141. The van der Waals surface area contributed by atoms with E-state index in [1.165, 1.54) is 48.5 Å². The summed E-state index contributed by atoms with van der Waals surface area (Å²) in [6.45, 7) is 8.42. The van der Waals surface area contributed by atoms with E-state index in [1.54, 1.807) is 12.1 Å². The molecule has 2 aliphatic heterocycles. The molecule has 0 spiro atoms. The number of amides is 1. The molecule has 1 aliphatic carbocycles. The first kappa shape index (κ1) is 51.4. The summed E-state index contributed by atoms with van der Waals surface area (Å²) < 4.78 is 145. The second-order valence-corrected chi connectivity index (χ2v) is 23.6. The van der Waals surface area contributed by atoms with Crippen molar-refractivity contribution >= 4 is 63.5 Å². The van der Waals surface area contributed by atoms with Crippen LogP contribution < -0.4 is 15.4 Å². The minimum Gasteiger partial charge on any atom is -0.744 e. The number of hydrogen-bond donors (Lipinski definition) is 4. The van der Waals surface area contributed by atoms with Crippen molar-refractivity contribution in [3.63, 3.8) is 0 Å². The first-order valence-electron chi connectivity index (χ1n) is 21.6. The lowest BCUT2D eigenvalue weighted by molar-refractivity contribution is -0.438. The number of nitrogens with zero attached hydrogens (tertiary/aromatic N) is 2. The number of benzene rings is 3. The molecule has 5 N–H and O–H groups in total. The first-order valence-corrected chi connectivity index (χ1v) is 27.5. The third-order valence-electron chi connectivity index (χ3n) is 12.4. The van der Waals surface area contributed by atoms with Crippen molar-refractivity contribution in [3.8, 4) is 5.75 Å². The van der Waals surface area contributed by atoms with Gasteiger partial charge >= 0.3 is 0 Å². The topological polar surface area (TPSA) is 279 Å². The van der Waals surface area contributed by atoms with Crippen LogP contribution in [0.15, 0.2) is 122 Å². The van der Waals surface area contributed by atoms with Gasteiger partial charge in [-0.3, -0.25) is 18.5 Å². The van der Waals surface area contributed by atoms with Crippen molar-refractivity contribution in [2.75, 3.05) is 23.7 Å². The maximum atomic E-state index is 12.2. The van der Waals surface area contributed by atoms with Crippen LogP contribution in [0.4, 0.5) is 11.4 Å². The fourth-order valence-electron chi connectivity index (χ4n) is 8.92. The molecule has 0 fully saturated rings. The van der Waals surface area contributed by atoms with Crippen molar-refractivity contribution in [2.24, 2.45) is 5.73 Å². The van der Waals surface area contributed by atoms with Gasteiger partial charge in [0.2, 0.25) is 11.6 Å². The smallest absolute Gasteiger partial charge is 0.294 e. The van der Waals surface area contributed by atoms with E-state index < -0.39 is 63.0 Å². The van der Waals surface area contributed by atoms with Gasteiger partial charge in [0.05, 0.1) is 25.9 Å². The monoisotopic (exact) mass is 1000 g/mol. The molecule has 3 aromatic carbocycles. The number of carbonyl (C=O) groups excluding carboxylic acids is 1. The van der Waals surface area contributed by atoms with Crippen LogP contribution >= 0.6 is 0 Å². The Morgan fingerprint density at radius 1 is 0.761 bits per heavy atom. The van der Waals surface area contributed by atoms with Gasteiger partial charge in [0.25, 0.3) is 30.4 Å². The fraction of sp³-hybridized carbons (Fsp3) is 0.391. The second kappa shape index (κ2) is 19.5. The Hall–Kier alpha value is -5.00. The number of primary amides is 1. The molecule has 0 unspecified atom stereocenters. The van der Waals surface area contributed by atoms with E-state index >= 15 is 0 Å². The third-order valence-corrected chi connectivity index (χ3v) is 15.7. The molecule has 0 radical (unpaired) electrons. The van der Waals surface area contributed by atoms with E-state index in [9.17, 15) is 56.7 Å². The fourth-order valence-corrected chi connectivity index (χ4v) is 11.0. The van der Waals surface area contributed by atoms with Gasteiger partial charge in [0.15, 0.2) is 5.71 Å². The van der Waals surface area contributed by atoms with Crippen molar-refractivity contribution in [3.05, 3.63) is 119 Å². The quantitative estimate of drug-likeness (QED) is 0.0543. The number of carbonyl (C=O) groups is 1. The highest BCUT2D eigenvalue weighted by atomic mass is 32.2. The number of anilines is 1. The highest BCUT2D eigenvalue weighted by molar-refractivity contribution is 7.86. The summed E-state index contributed by atoms with van der Waals surface area (Å²) in [5, 5.41) is 0. The Balaban J connectivity index is 1.48. The van der Waals surface area contributed by atoms with Gasteiger partial charge in [0, 0.05) is 53.9 Å². The van der Waals surface area contributed by atoms with E-state index in [0.29, 0.717) is 86.3 Å². The largest absolute Gasteiger partial charge is 0.744 e. The highest BCUT2D eigenvalue weighted by Crippen LogP contribution is 2.49. The highest BCUT2D eigenvalue weighted by Gasteiger charge is 2.45. The maximum absolute atomic E-state index is 12.2. The van der Waals surface area contributed by atoms with Crippen LogP contribution in [0.25, 0.3) is 0 Å². The van der Waals surface area contributed by atoms with E-state index in [-0.39, 0.29) is 33.3 Å². The SMILES string of the molecule is CC1(C)C(/C=C/C2=C(Oc3ccc(S(=O)(=O)O)cc3)C(=C/C=C3\N(CCCCCC(N)=O)c4ccc(S(=O)(=O)[O-])cc4C3(C)C)/CCC2)=[N+](CCCCS(=O)(=O)O)c2ccc(S(=O)(=O)O)cc21. The molecule has 0 bridgehead atoms. The Labute approximate surface area is 392 Å². The van der Waals surface area contributed by atoms with Crippen LogP contribution in [0, 0.1) is 0 Å². The molecule has 3 aliphatic rings. The summed E-state index contributed by atoms with van der Waals surface area (Å²) in [6.07, 6.45) is 11.9. The molecule has 3 aromatic rings. The van der Waals surface area contributed by atoms with Crippen molar-refractivity contribution in [1.82, 2.24) is 0 Å². The van der Waals surface area contributed by atoms with Crippen LogP contribution in [0.5, 0.6) is 5.75 Å². The molecule has 0 atom stereocenters. The van der Waals surface area contributed by atoms with Crippen LogP contribution in [0.2, 0.25) is 0 Å². The van der Waals surface area contributed by atoms with Gasteiger partial charge in [-0.1, -0.05) is 26.3 Å². The molecule has 362 valence electrons. The first-order chi connectivity index (χ1) is 31.1. The van der Waals surface area contributed by atoms with Gasteiger partial charge in [-0.25, -0.2) is 8.42 Å². The summed E-state index contributed by atoms with van der Waals surface area (Å²) in [5.41, 5.74) is 9.27. The summed E-state index contributed by atoms with van der Waals surface area (Å²) in [5.74, 6) is -0.155. The number of allylic oxidation sites excluding steroid dienone is 7. The van der Waals surface area contributed by atoms with Gasteiger partial charge in [-0.15, -0.1) is 0 Å². The molecule has 21 heteroatoms. The molecule has 17 nitrogen and oxygen atoms in total. The molecular formula is C46H55N3O14S4. The molecule has 2 heterocycles. The van der Waals surface area contributed by atoms with Gasteiger partial charge in [-0.2, -0.15) is 29.8 Å². The summed E-state index contributed by atoms with van der Waals surface area (Å²) in [7, 11) is -18.1. The molecular weight excluding hydrogens is 947 g/mol. The zero-order valence-electron chi connectivity index (χ0n) is 37.5. The van der Waals surface area contributed by atoms with Crippen LogP contribution in [0.1, 0.15) is 96.6 Å². The van der Waals surface area contributed by atoms with Crippen molar-refractivity contribution < 1.29 is 66.0 Å². The zero-order valence-corrected chi connectivity index (χ0v) is 40.8. The van der Waals surface area contributed by atoms with E-state index in [1.807, 2.05) is 56.6 Å². The molecule has 0 saturated carbocycles. The molecule has 6 rings (SSSR count). The normalized spacial score (nSPS) is 18.6. The predicted octanol–water partition coefficient (Wildman–Crippen LogP) is 6.86. The van der Waals surface area contributed by atoms with Gasteiger partial charge < -0.3 is 19.9 Å². The average Bonchev–Trinajstić information content (AvgIpc) is 3.57. The number of ether oxygens (including phenoxy) is 1. The predicted molar refractivity (Wildman–Crippen MR) is 250 cm³/mol. The lowest BCUT2D eigenvalue weighted by atomic mass is 9.81. The maximum Gasteiger partial charge on any atom is 0.294 e. The van der Waals surface area contributed by atoms with Gasteiger partial charge in [0.1, 0.15) is 28.2 Å². The van der Waals surface area contributed by atoms with E-state index in [0.717, 1.165) is 22.5 Å². The number of nitrogens with two attached hydrogens (primary N) is 1. The Bertz CT molecular complexity index is 3080. The zero-order chi connectivity index (χ0) is 49.3. The molecule has 67 heavy (non-hydrogen) atoms. The van der Waals surface area contributed by atoms with E-state index in [2.05, 4.69) is 4.90 Å². The number of unbranched alkanes of at least 4 members (excludes halogenated alkanes) is 3.